The number of nitrogens with zero attached hydrogens (tertiary/aromatic N) is 2. The van der Waals surface area contributed by atoms with E-state index in [2.05, 4.69) is 5.10 Å². The summed E-state index contributed by atoms with van der Waals surface area (Å²) in [6.07, 6.45) is 2.84. The van der Waals surface area contributed by atoms with Gasteiger partial charge in [-0.15, -0.1) is 0 Å². The number of amides is 1. The first-order valence-electron chi connectivity index (χ1n) is 8.37. The average Bonchev–Trinajstić information content (AvgIpc) is 3.26. The van der Waals surface area contributed by atoms with Gasteiger partial charge in [0, 0.05) is 18.9 Å². The summed E-state index contributed by atoms with van der Waals surface area (Å²) in [7, 11) is 0. The van der Waals surface area contributed by atoms with E-state index in [1.54, 1.807) is 27.7 Å². The first-order chi connectivity index (χ1) is 10.7. The molecule has 1 atom stereocenters. The molecule has 23 heavy (non-hydrogen) atoms. The van der Waals surface area contributed by atoms with Gasteiger partial charge in [-0.25, -0.2) is 4.79 Å². The average molecular weight is 322 g/mol. The fourth-order valence-electron chi connectivity index (χ4n) is 2.66. The SMILES string of the molecule is CCN(/N=C1\CCCC(=O)C1C(=O)C1CC1)C(=O)OC(C)(C)C. The maximum Gasteiger partial charge on any atom is 0.430 e. The van der Waals surface area contributed by atoms with Crippen LogP contribution in [0.1, 0.15) is 59.8 Å². The number of ether oxygens (including phenoxy) is 1. The van der Waals surface area contributed by atoms with E-state index in [1.165, 1.54) is 5.01 Å². The molecule has 0 bridgehead atoms. The summed E-state index contributed by atoms with van der Waals surface area (Å²) in [4.78, 5) is 36.8. The van der Waals surface area contributed by atoms with Gasteiger partial charge in [0.25, 0.3) is 0 Å². The van der Waals surface area contributed by atoms with Gasteiger partial charge >= 0.3 is 6.09 Å². The van der Waals surface area contributed by atoms with Crippen molar-refractivity contribution < 1.29 is 19.1 Å². The Hall–Kier alpha value is -1.72. The van der Waals surface area contributed by atoms with Crippen LogP contribution < -0.4 is 0 Å². The Morgan fingerprint density at radius 3 is 2.43 bits per heavy atom. The predicted molar refractivity (Wildman–Crippen MR) is 86.1 cm³/mol. The van der Waals surface area contributed by atoms with Crippen LogP contribution in [0.2, 0.25) is 0 Å². The second-order valence-electron chi connectivity index (χ2n) is 7.22. The topological polar surface area (TPSA) is 76.0 Å². The molecule has 2 aliphatic carbocycles. The van der Waals surface area contributed by atoms with E-state index < -0.39 is 17.6 Å². The number of carbonyl (C=O) groups excluding carboxylic acids is 3. The summed E-state index contributed by atoms with van der Waals surface area (Å²) >= 11 is 0. The molecule has 0 heterocycles. The standard InChI is InChI=1S/C17H26N2O4/c1-5-19(16(22)23-17(2,3)4)18-12-7-6-8-13(20)14(12)15(21)11-9-10-11/h11,14H,5-10H2,1-4H3/b18-12+. The zero-order valence-electron chi connectivity index (χ0n) is 14.4. The van der Waals surface area contributed by atoms with Crippen molar-refractivity contribution >= 4 is 23.4 Å². The molecule has 0 aliphatic heterocycles. The van der Waals surface area contributed by atoms with Gasteiger partial charge < -0.3 is 4.74 Å². The van der Waals surface area contributed by atoms with E-state index in [-0.39, 0.29) is 17.5 Å². The molecule has 2 aliphatic rings. The van der Waals surface area contributed by atoms with Crippen LogP contribution in [0.4, 0.5) is 4.79 Å². The zero-order chi connectivity index (χ0) is 17.2. The molecule has 0 aromatic heterocycles. The molecular weight excluding hydrogens is 296 g/mol. The van der Waals surface area contributed by atoms with Gasteiger partial charge in [-0.05, 0) is 53.4 Å². The molecule has 0 aromatic rings. The molecule has 6 nitrogen and oxygen atoms in total. The number of carbonyl (C=O) groups is 3. The lowest BCUT2D eigenvalue weighted by molar-refractivity contribution is -0.131. The second kappa shape index (κ2) is 6.81. The maximum atomic E-state index is 12.4. The van der Waals surface area contributed by atoms with Crippen LogP contribution in [0.5, 0.6) is 0 Å². The van der Waals surface area contributed by atoms with Crippen molar-refractivity contribution in [1.82, 2.24) is 5.01 Å². The summed E-state index contributed by atoms with van der Waals surface area (Å²) in [5, 5.41) is 5.55. The highest BCUT2D eigenvalue weighted by atomic mass is 16.6. The van der Waals surface area contributed by atoms with Gasteiger partial charge in [0.1, 0.15) is 17.3 Å². The monoisotopic (exact) mass is 322 g/mol. The molecule has 0 radical (unpaired) electrons. The highest BCUT2D eigenvalue weighted by Crippen LogP contribution is 2.35. The Morgan fingerprint density at radius 1 is 1.26 bits per heavy atom. The fourth-order valence-corrected chi connectivity index (χ4v) is 2.66. The highest BCUT2D eigenvalue weighted by molar-refractivity contribution is 6.23. The van der Waals surface area contributed by atoms with Crippen LogP contribution >= 0.6 is 0 Å². The van der Waals surface area contributed by atoms with E-state index >= 15 is 0 Å². The van der Waals surface area contributed by atoms with E-state index in [9.17, 15) is 14.4 Å². The van der Waals surface area contributed by atoms with E-state index in [0.29, 0.717) is 31.5 Å². The van der Waals surface area contributed by atoms with Crippen LogP contribution in [0.15, 0.2) is 5.10 Å². The van der Waals surface area contributed by atoms with Crippen molar-refractivity contribution in [2.24, 2.45) is 16.9 Å². The van der Waals surface area contributed by atoms with Crippen molar-refractivity contribution in [3.05, 3.63) is 0 Å². The number of rotatable bonds is 4. The quantitative estimate of drug-likeness (QED) is 0.589. The van der Waals surface area contributed by atoms with Crippen LogP contribution in [0.3, 0.4) is 0 Å². The van der Waals surface area contributed by atoms with E-state index in [4.69, 9.17) is 4.74 Å². The Kier molecular flexibility index (Phi) is 5.22. The summed E-state index contributed by atoms with van der Waals surface area (Å²) < 4.78 is 5.32. The van der Waals surface area contributed by atoms with Crippen LogP contribution in [-0.4, -0.2) is 40.5 Å². The third-order valence-electron chi connectivity index (χ3n) is 3.93. The van der Waals surface area contributed by atoms with Crippen molar-refractivity contribution in [2.75, 3.05) is 6.54 Å². The van der Waals surface area contributed by atoms with Crippen LogP contribution in [-0.2, 0) is 14.3 Å². The third kappa shape index (κ3) is 4.62. The Bertz CT molecular complexity index is 529. The number of hydrogen-bond acceptors (Lipinski definition) is 5. The molecule has 2 fully saturated rings. The smallest absolute Gasteiger partial charge is 0.430 e. The molecule has 128 valence electrons. The molecule has 6 heteroatoms. The lowest BCUT2D eigenvalue weighted by Gasteiger charge is -2.27. The van der Waals surface area contributed by atoms with Crippen molar-refractivity contribution in [3.63, 3.8) is 0 Å². The Balaban J connectivity index is 2.19. The molecule has 2 saturated carbocycles. The number of Topliss-reactive ketones (excluding diaryl/α,β-unsaturated/α-hetero) is 2. The van der Waals surface area contributed by atoms with Gasteiger partial charge in [0.05, 0.1) is 5.71 Å². The van der Waals surface area contributed by atoms with Crippen molar-refractivity contribution in [3.8, 4) is 0 Å². The minimum Gasteiger partial charge on any atom is -0.442 e. The second-order valence-corrected chi connectivity index (χ2v) is 7.22. The highest BCUT2D eigenvalue weighted by Gasteiger charge is 2.42. The summed E-state index contributed by atoms with van der Waals surface area (Å²) in [6.45, 7) is 7.48. The van der Waals surface area contributed by atoms with Crippen LogP contribution in [0, 0.1) is 11.8 Å². The molecule has 1 amide bonds. The first-order valence-corrected chi connectivity index (χ1v) is 8.37. The zero-order valence-corrected chi connectivity index (χ0v) is 14.4. The molecule has 0 spiro atoms. The van der Waals surface area contributed by atoms with Gasteiger partial charge in [0.15, 0.2) is 5.78 Å². The Morgan fingerprint density at radius 2 is 1.91 bits per heavy atom. The largest absolute Gasteiger partial charge is 0.442 e. The van der Waals surface area contributed by atoms with E-state index in [0.717, 1.165) is 12.8 Å². The molecule has 0 saturated heterocycles. The molecular formula is C17H26N2O4. The van der Waals surface area contributed by atoms with Gasteiger partial charge in [-0.2, -0.15) is 10.1 Å². The molecule has 0 N–H and O–H groups in total. The molecule has 2 rings (SSSR count). The maximum absolute atomic E-state index is 12.4. The van der Waals surface area contributed by atoms with Gasteiger partial charge in [-0.3, -0.25) is 9.59 Å². The van der Waals surface area contributed by atoms with Gasteiger partial charge in [0.2, 0.25) is 0 Å². The van der Waals surface area contributed by atoms with Gasteiger partial charge in [-0.1, -0.05) is 0 Å². The van der Waals surface area contributed by atoms with Crippen LogP contribution in [0.25, 0.3) is 0 Å². The molecule has 1 unspecified atom stereocenters. The Labute approximate surface area is 137 Å². The summed E-state index contributed by atoms with van der Waals surface area (Å²) in [6, 6.07) is 0. The predicted octanol–water partition coefficient (Wildman–Crippen LogP) is 2.95. The third-order valence-corrected chi connectivity index (χ3v) is 3.93. The number of hydrogen-bond donors (Lipinski definition) is 0. The van der Waals surface area contributed by atoms with Crippen molar-refractivity contribution in [1.29, 1.82) is 0 Å². The normalized spacial score (nSPS) is 23.7. The van der Waals surface area contributed by atoms with Crippen molar-refractivity contribution in [2.45, 2.75) is 65.4 Å². The lowest BCUT2D eigenvalue weighted by Crippen LogP contribution is -2.40. The minimum atomic E-state index is -0.757. The molecule has 0 aromatic carbocycles. The van der Waals surface area contributed by atoms with E-state index in [1.807, 2.05) is 0 Å². The fraction of sp³-hybridized carbons (Fsp3) is 0.765. The number of ketones is 2. The summed E-state index contributed by atoms with van der Waals surface area (Å²) in [5.41, 5.74) is -0.0955. The summed E-state index contributed by atoms with van der Waals surface area (Å²) in [5.74, 6) is -0.836. The first kappa shape index (κ1) is 17.6. The number of hydrazone groups is 1. The minimum absolute atomic E-state index is 0.00357. The lowest BCUT2D eigenvalue weighted by atomic mass is 9.82.